The molecule has 2 aromatic rings. The van der Waals surface area contributed by atoms with Gasteiger partial charge in [-0.1, -0.05) is 18.2 Å². The van der Waals surface area contributed by atoms with Crippen LogP contribution >= 0.6 is 0 Å². The second kappa shape index (κ2) is 6.51. The molecule has 0 bridgehead atoms. The molecular formula is C21H24N2O4S. The minimum absolute atomic E-state index is 0.181. The molecule has 1 aliphatic heterocycles. The Morgan fingerprint density at radius 2 is 1.82 bits per heavy atom. The maximum absolute atomic E-state index is 13.4. The summed E-state index contributed by atoms with van der Waals surface area (Å²) < 4.78 is 32.2. The van der Waals surface area contributed by atoms with Gasteiger partial charge in [-0.05, 0) is 62.6 Å². The third-order valence-electron chi connectivity index (χ3n) is 5.68. The zero-order valence-corrected chi connectivity index (χ0v) is 17.0. The Morgan fingerprint density at radius 1 is 1.18 bits per heavy atom. The SMILES string of the molecule is CCOc1ccc(NC(=O)C23CC2CN(c2c(C)cccc2C)S3(=O)=O)cc1. The normalized spacial score (nSPS) is 24.5. The van der Waals surface area contributed by atoms with Crippen molar-refractivity contribution in [2.24, 2.45) is 5.92 Å². The van der Waals surface area contributed by atoms with Gasteiger partial charge in [0.25, 0.3) is 0 Å². The summed E-state index contributed by atoms with van der Waals surface area (Å²) in [6.45, 7) is 6.60. The van der Waals surface area contributed by atoms with Crippen LogP contribution in [0.2, 0.25) is 0 Å². The minimum Gasteiger partial charge on any atom is -0.494 e. The number of sulfonamides is 1. The van der Waals surface area contributed by atoms with Crippen LogP contribution < -0.4 is 14.4 Å². The number of carbonyl (C=O) groups is 1. The van der Waals surface area contributed by atoms with Crippen LogP contribution in [0, 0.1) is 19.8 Å². The first kappa shape index (κ1) is 18.8. The van der Waals surface area contributed by atoms with E-state index < -0.39 is 20.7 Å². The van der Waals surface area contributed by atoms with Crippen molar-refractivity contribution >= 4 is 27.3 Å². The number of amides is 1. The summed E-state index contributed by atoms with van der Waals surface area (Å²) in [5, 5.41) is 2.79. The van der Waals surface area contributed by atoms with Crippen LogP contribution in [0.1, 0.15) is 24.5 Å². The minimum atomic E-state index is -3.79. The molecule has 6 nitrogen and oxygen atoms in total. The second-order valence-electron chi connectivity index (χ2n) is 7.48. The number of nitrogens with zero attached hydrogens (tertiary/aromatic N) is 1. The third kappa shape index (κ3) is 2.68. The van der Waals surface area contributed by atoms with Gasteiger partial charge >= 0.3 is 0 Å². The molecular weight excluding hydrogens is 376 g/mol. The predicted octanol–water partition coefficient (Wildman–Crippen LogP) is 3.25. The molecule has 1 N–H and O–H groups in total. The fraction of sp³-hybridized carbons (Fsp3) is 0.381. The van der Waals surface area contributed by atoms with Gasteiger partial charge in [0, 0.05) is 18.2 Å². The lowest BCUT2D eigenvalue weighted by Crippen LogP contribution is -2.42. The molecule has 0 spiro atoms. The lowest BCUT2D eigenvalue weighted by Gasteiger charge is -2.26. The number of benzene rings is 2. The molecule has 28 heavy (non-hydrogen) atoms. The van der Waals surface area contributed by atoms with Crippen molar-refractivity contribution in [2.75, 3.05) is 22.8 Å². The smallest absolute Gasteiger partial charge is 0.250 e. The van der Waals surface area contributed by atoms with Crippen LogP contribution in [0.15, 0.2) is 42.5 Å². The van der Waals surface area contributed by atoms with E-state index in [1.807, 2.05) is 39.0 Å². The molecule has 1 amide bonds. The number of aryl methyl sites for hydroxylation is 2. The van der Waals surface area contributed by atoms with Crippen LogP contribution in [0.5, 0.6) is 5.75 Å². The van der Waals surface area contributed by atoms with E-state index in [-0.39, 0.29) is 5.92 Å². The highest BCUT2D eigenvalue weighted by Crippen LogP contribution is 2.59. The Morgan fingerprint density at radius 3 is 2.43 bits per heavy atom. The molecule has 2 unspecified atom stereocenters. The highest BCUT2D eigenvalue weighted by Gasteiger charge is 2.75. The van der Waals surface area contributed by atoms with Crippen LogP contribution in [0.25, 0.3) is 0 Å². The van der Waals surface area contributed by atoms with Crippen molar-refractivity contribution in [3.05, 3.63) is 53.6 Å². The van der Waals surface area contributed by atoms with Crippen LogP contribution in [0.3, 0.4) is 0 Å². The highest BCUT2D eigenvalue weighted by atomic mass is 32.2. The number of carbonyl (C=O) groups excluding carboxylic acids is 1. The van der Waals surface area contributed by atoms with Crippen molar-refractivity contribution < 1.29 is 17.9 Å². The van der Waals surface area contributed by atoms with Crippen LogP contribution in [-0.4, -0.2) is 32.2 Å². The summed E-state index contributed by atoms with van der Waals surface area (Å²) in [6, 6.07) is 12.7. The summed E-state index contributed by atoms with van der Waals surface area (Å²) in [5.41, 5.74) is 3.05. The van der Waals surface area contributed by atoms with Crippen molar-refractivity contribution in [3.63, 3.8) is 0 Å². The monoisotopic (exact) mass is 400 g/mol. The molecule has 148 valence electrons. The number of hydrogen-bond acceptors (Lipinski definition) is 4. The molecule has 1 saturated carbocycles. The zero-order chi connectivity index (χ0) is 20.1. The van der Waals surface area contributed by atoms with Crippen LogP contribution in [0.4, 0.5) is 11.4 Å². The van der Waals surface area contributed by atoms with Gasteiger partial charge in [0.2, 0.25) is 15.9 Å². The first-order valence-corrected chi connectivity index (χ1v) is 10.9. The molecule has 4 rings (SSSR count). The van der Waals surface area contributed by atoms with Gasteiger partial charge in [-0.25, -0.2) is 8.42 Å². The first-order valence-electron chi connectivity index (χ1n) is 9.44. The zero-order valence-electron chi connectivity index (χ0n) is 16.2. The van der Waals surface area contributed by atoms with Gasteiger partial charge in [-0.3, -0.25) is 9.10 Å². The Bertz CT molecular complexity index is 1010. The van der Waals surface area contributed by atoms with Crippen molar-refractivity contribution in [3.8, 4) is 5.75 Å². The largest absolute Gasteiger partial charge is 0.494 e. The number of ether oxygens (including phenoxy) is 1. The van der Waals surface area contributed by atoms with Gasteiger partial charge in [0.05, 0.1) is 12.3 Å². The van der Waals surface area contributed by atoms with Crippen LogP contribution in [-0.2, 0) is 14.8 Å². The average molecular weight is 401 g/mol. The summed E-state index contributed by atoms with van der Waals surface area (Å²) in [6.07, 6.45) is 0.375. The second-order valence-corrected chi connectivity index (χ2v) is 9.60. The summed E-state index contributed by atoms with van der Waals surface area (Å²) in [7, 11) is -3.79. The van der Waals surface area contributed by atoms with Gasteiger partial charge in [-0.15, -0.1) is 0 Å². The van der Waals surface area contributed by atoms with Gasteiger partial charge in [0.1, 0.15) is 5.75 Å². The maximum Gasteiger partial charge on any atom is 0.250 e. The van der Waals surface area contributed by atoms with E-state index in [9.17, 15) is 13.2 Å². The van der Waals surface area contributed by atoms with E-state index >= 15 is 0 Å². The third-order valence-corrected chi connectivity index (χ3v) is 8.20. The Balaban J connectivity index is 1.60. The quantitative estimate of drug-likeness (QED) is 0.836. The molecule has 0 aromatic heterocycles. The fourth-order valence-corrected chi connectivity index (χ4v) is 6.66. The number of anilines is 2. The summed E-state index contributed by atoms with van der Waals surface area (Å²) in [5.74, 6) is 0.0762. The topological polar surface area (TPSA) is 75.7 Å². The Labute approximate surface area is 165 Å². The first-order chi connectivity index (χ1) is 13.3. The Kier molecular flexibility index (Phi) is 4.38. The van der Waals surface area contributed by atoms with E-state index in [1.54, 1.807) is 24.3 Å². The molecule has 2 fully saturated rings. The fourth-order valence-electron chi connectivity index (χ4n) is 4.17. The molecule has 2 aromatic carbocycles. The van der Waals surface area contributed by atoms with Crippen molar-refractivity contribution in [1.82, 2.24) is 0 Å². The number of rotatable bonds is 5. The molecule has 1 saturated heterocycles. The lowest BCUT2D eigenvalue weighted by molar-refractivity contribution is -0.116. The predicted molar refractivity (Wildman–Crippen MR) is 109 cm³/mol. The molecule has 0 radical (unpaired) electrons. The number of para-hydroxylation sites is 1. The molecule has 2 aliphatic rings. The van der Waals surface area contributed by atoms with E-state index in [0.717, 1.165) is 11.1 Å². The van der Waals surface area contributed by atoms with E-state index in [4.69, 9.17) is 4.74 Å². The molecule has 1 aliphatic carbocycles. The van der Waals surface area contributed by atoms with Gasteiger partial charge < -0.3 is 10.1 Å². The van der Waals surface area contributed by atoms with Gasteiger partial charge in [0.15, 0.2) is 4.75 Å². The molecule has 1 heterocycles. The molecule has 2 atom stereocenters. The average Bonchev–Trinajstić information content (AvgIpc) is 3.34. The van der Waals surface area contributed by atoms with Gasteiger partial charge in [-0.2, -0.15) is 0 Å². The number of nitrogens with one attached hydrogen (secondary N) is 1. The van der Waals surface area contributed by atoms with Crippen molar-refractivity contribution in [1.29, 1.82) is 0 Å². The Hall–Kier alpha value is -2.54. The standard InChI is InChI=1S/C21H24N2O4S/c1-4-27-18-10-8-17(9-11-18)22-20(24)21-12-16(21)13-23(28(21,25)26)19-14(2)6-5-7-15(19)3/h5-11,16H,4,12-13H2,1-3H3,(H,22,24). The lowest BCUT2D eigenvalue weighted by atomic mass is 10.1. The number of hydrogen-bond donors (Lipinski definition) is 1. The van der Waals surface area contributed by atoms with E-state index in [0.29, 0.717) is 36.7 Å². The van der Waals surface area contributed by atoms with Crippen molar-refractivity contribution in [2.45, 2.75) is 31.9 Å². The van der Waals surface area contributed by atoms with E-state index in [2.05, 4.69) is 5.32 Å². The highest BCUT2D eigenvalue weighted by molar-refractivity contribution is 7.95. The molecule has 7 heteroatoms. The maximum atomic E-state index is 13.4. The summed E-state index contributed by atoms with van der Waals surface area (Å²) in [4.78, 5) is 13.0. The number of fused-ring (bicyclic) bond motifs is 1. The summed E-state index contributed by atoms with van der Waals surface area (Å²) >= 11 is 0. The van der Waals surface area contributed by atoms with E-state index in [1.165, 1.54) is 4.31 Å².